The number of rotatable bonds is 6. The molecule has 0 atom stereocenters. The Balaban J connectivity index is 2.51. The monoisotopic (exact) mass is 217 g/mol. The summed E-state index contributed by atoms with van der Waals surface area (Å²) in [6, 6.07) is 8.23. The van der Waals surface area contributed by atoms with Crippen LogP contribution in [-0.4, -0.2) is 12.3 Å². The molecule has 0 aromatic heterocycles. The Morgan fingerprint density at radius 2 is 2.00 bits per heavy atom. The molecule has 0 aliphatic carbocycles. The van der Waals surface area contributed by atoms with Gasteiger partial charge in [-0.05, 0) is 37.1 Å². The zero-order valence-corrected chi connectivity index (χ0v) is 9.99. The van der Waals surface area contributed by atoms with E-state index < -0.39 is 0 Å². The summed E-state index contributed by atoms with van der Waals surface area (Å²) in [5, 5.41) is 3.35. The lowest BCUT2D eigenvalue weighted by atomic mass is 10.1. The quantitative estimate of drug-likeness (QED) is 0.586. The Labute approximate surface area is 97.4 Å². The number of hydrogen-bond donors (Lipinski definition) is 1. The molecule has 2 nitrogen and oxygen atoms in total. The molecule has 0 saturated heterocycles. The van der Waals surface area contributed by atoms with Gasteiger partial charge in [0.2, 0.25) is 0 Å². The summed E-state index contributed by atoms with van der Waals surface area (Å²) in [6.45, 7) is 5.67. The Morgan fingerprint density at radius 1 is 1.31 bits per heavy atom. The summed E-state index contributed by atoms with van der Waals surface area (Å²) >= 11 is 0. The molecular formula is C14H19NO. The second kappa shape index (κ2) is 6.96. The van der Waals surface area contributed by atoms with Crippen LogP contribution in [0.3, 0.4) is 0 Å². The maximum atomic E-state index is 10.8. The summed E-state index contributed by atoms with van der Waals surface area (Å²) in [7, 11) is 0. The summed E-state index contributed by atoms with van der Waals surface area (Å²) in [6.07, 6.45) is 4.58. The first-order chi connectivity index (χ1) is 7.72. The SMILES string of the molecule is CCCNCc1ccc(/C=C/C(C)=O)cc1. The second-order valence-electron chi connectivity index (χ2n) is 3.86. The highest BCUT2D eigenvalue weighted by Crippen LogP contribution is 2.06. The van der Waals surface area contributed by atoms with Crippen LogP contribution < -0.4 is 5.32 Å². The van der Waals surface area contributed by atoms with E-state index in [0.717, 1.165) is 25.1 Å². The lowest BCUT2D eigenvalue weighted by Gasteiger charge is -2.03. The van der Waals surface area contributed by atoms with E-state index in [9.17, 15) is 4.79 Å². The molecule has 1 aromatic carbocycles. The van der Waals surface area contributed by atoms with Crippen molar-refractivity contribution in [2.24, 2.45) is 0 Å². The van der Waals surface area contributed by atoms with Crippen LogP contribution in [0, 0.1) is 0 Å². The van der Waals surface area contributed by atoms with Gasteiger partial charge in [-0.25, -0.2) is 0 Å². The van der Waals surface area contributed by atoms with E-state index in [-0.39, 0.29) is 5.78 Å². The number of benzene rings is 1. The van der Waals surface area contributed by atoms with Gasteiger partial charge in [-0.1, -0.05) is 37.3 Å². The molecule has 1 aromatic rings. The lowest BCUT2D eigenvalue weighted by molar-refractivity contribution is -0.112. The van der Waals surface area contributed by atoms with Gasteiger partial charge in [0.1, 0.15) is 0 Å². The van der Waals surface area contributed by atoms with Gasteiger partial charge in [0.05, 0.1) is 0 Å². The average molecular weight is 217 g/mol. The second-order valence-corrected chi connectivity index (χ2v) is 3.86. The van der Waals surface area contributed by atoms with E-state index in [1.54, 1.807) is 13.0 Å². The normalized spacial score (nSPS) is 10.9. The van der Waals surface area contributed by atoms with E-state index >= 15 is 0 Å². The zero-order valence-electron chi connectivity index (χ0n) is 9.99. The smallest absolute Gasteiger partial charge is 0.152 e. The molecule has 2 heteroatoms. The van der Waals surface area contributed by atoms with Gasteiger partial charge in [-0.3, -0.25) is 4.79 Å². The van der Waals surface area contributed by atoms with Crippen LogP contribution in [0.1, 0.15) is 31.4 Å². The maximum absolute atomic E-state index is 10.8. The highest BCUT2D eigenvalue weighted by Gasteiger charge is 1.92. The predicted octanol–water partition coefficient (Wildman–Crippen LogP) is 2.79. The van der Waals surface area contributed by atoms with Crippen LogP contribution in [0.2, 0.25) is 0 Å². The molecule has 0 unspecified atom stereocenters. The van der Waals surface area contributed by atoms with Gasteiger partial charge in [-0.2, -0.15) is 0 Å². The molecule has 0 aliphatic rings. The van der Waals surface area contributed by atoms with E-state index in [2.05, 4.69) is 24.4 Å². The van der Waals surface area contributed by atoms with E-state index in [1.165, 1.54) is 5.56 Å². The van der Waals surface area contributed by atoms with Crippen molar-refractivity contribution in [1.82, 2.24) is 5.32 Å². The van der Waals surface area contributed by atoms with Gasteiger partial charge < -0.3 is 5.32 Å². The average Bonchev–Trinajstić information content (AvgIpc) is 2.28. The third-order valence-electron chi connectivity index (χ3n) is 2.25. The van der Waals surface area contributed by atoms with Crippen molar-refractivity contribution in [2.45, 2.75) is 26.8 Å². The van der Waals surface area contributed by atoms with Crippen LogP contribution in [0.15, 0.2) is 30.3 Å². The third-order valence-corrected chi connectivity index (χ3v) is 2.25. The van der Waals surface area contributed by atoms with Crippen LogP contribution in [-0.2, 0) is 11.3 Å². The van der Waals surface area contributed by atoms with Crippen LogP contribution in [0.5, 0.6) is 0 Å². The molecule has 0 spiro atoms. The Morgan fingerprint density at radius 3 is 2.56 bits per heavy atom. The Bertz CT molecular complexity index is 352. The topological polar surface area (TPSA) is 29.1 Å². The maximum Gasteiger partial charge on any atom is 0.152 e. The highest BCUT2D eigenvalue weighted by atomic mass is 16.1. The molecule has 86 valence electrons. The van der Waals surface area contributed by atoms with Crippen molar-refractivity contribution in [3.63, 3.8) is 0 Å². The van der Waals surface area contributed by atoms with Crippen molar-refractivity contribution < 1.29 is 4.79 Å². The molecule has 16 heavy (non-hydrogen) atoms. The fraction of sp³-hybridized carbons (Fsp3) is 0.357. The first-order valence-corrected chi connectivity index (χ1v) is 5.70. The number of carbonyl (C=O) groups is 1. The molecule has 0 saturated carbocycles. The lowest BCUT2D eigenvalue weighted by Crippen LogP contribution is -2.13. The third kappa shape index (κ3) is 4.89. The molecule has 0 bridgehead atoms. The molecule has 0 radical (unpaired) electrons. The van der Waals surface area contributed by atoms with E-state index in [1.807, 2.05) is 18.2 Å². The van der Waals surface area contributed by atoms with Gasteiger partial charge in [-0.15, -0.1) is 0 Å². The van der Waals surface area contributed by atoms with E-state index in [4.69, 9.17) is 0 Å². The molecule has 0 heterocycles. The van der Waals surface area contributed by atoms with E-state index in [0.29, 0.717) is 0 Å². The molecular weight excluding hydrogens is 198 g/mol. The summed E-state index contributed by atoms with van der Waals surface area (Å²) < 4.78 is 0. The summed E-state index contributed by atoms with van der Waals surface area (Å²) in [5.41, 5.74) is 2.34. The van der Waals surface area contributed by atoms with Crippen molar-refractivity contribution in [3.8, 4) is 0 Å². The number of allylic oxidation sites excluding steroid dienone is 1. The van der Waals surface area contributed by atoms with Crippen molar-refractivity contribution >= 4 is 11.9 Å². The molecule has 1 N–H and O–H groups in total. The molecule has 1 rings (SSSR count). The minimum Gasteiger partial charge on any atom is -0.313 e. The standard InChI is InChI=1S/C14H19NO/c1-3-10-15-11-14-8-6-13(7-9-14)5-4-12(2)16/h4-9,15H,3,10-11H2,1-2H3/b5-4+. The molecule has 0 amide bonds. The largest absolute Gasteiger partial charge is 0.313 e. The highest BCUT2D eigenvalue weighted by molar-refractivity contribution is 5.91. The van der Waals surface area contributed by atoms with Crippen molar-refractivity contribution in [3.05, 3.63) is 41.5 Å². The summed E-state index contributed by atoms with van der Waals surface area (Å²) in [4.78, 5) is 10.8. The van der Waals surface area contributed by atoms with Crippen molar-refractivity contribution in [1.29, 1.82) is 0 Å². The van der Waals surface area contributed by atoms with Gasteiger partial charge in [0.15, 0.2) is 5.78 Å². The fourth-order valence-corrected chi connectivity index (χ4v) is 1.37. The van der Waals surface area contributed by atoms with Gasteiger partial charge in [0, 0.05) is 6.54 Å². The first kappa shape index (κ1) is 12.7. The van der Waals surface area contributed by atoms with Crippen LogP contribution in [0.25, 0.3) is 6.08 Å². The van der Waals surface area contributed by atoms with Crippen LogP contribution in [0.4, 0.5) is 0 Å². The fourth-order valence-electron chi connectivity index (χ4n) is 1.37. The number of nitrogens with one attached hydrogen (secondary N) is 1. The first-order valence-electron chi connectivity index (χ1n) is 5.70. The number of ketones is 1. The summed E-state index contributed by atoms with van der Waals surface area (Å²) in [5.74, 6) is 0.0775. The predicted molar refractivity (Wildman–Crippen MR) is 68.2 cm³/mol. The van der Waals surface area contributed by atoms with Crippen LogP contribution >= 0.6 is 0 Å². The Kier molecular flexibility index (Phi) is 5.51. The van der Waals surface area contributed by atoms with Crippen molar-refractivity contribution in [2.75, 3.05) is 6.54 Å². The zero-order chi connectivity index (χ0) is 11.8. The minimum atomic E-state index is 0.0775. The molecule has 0 aliphatic heterocycles. The number of hydrogen-bond acceptors (Lipinski definition) is 2. The van der Waals surface area contributed by atoms with Gasteiger partial charge in [0.25, 0.3) is 0 Å². The minimum absolute atomic E-state index is 0.0775. The van der Waals surface area contributed by atoms with Gasteiger partial charge >= 0.3 is 0 Å². The Hall–Kier alpha value is -1.41. The molecule has 0 fully saturated rings. The number of carbonyl (C=O) groups excluding carboxylic acids is 1.